The van der Waals surface area contributed by atoms with Crippen molar-refractivity contribution in [3.8, 4) is 34.1 Å². The first-order chi connectivity index (χ1) is 17.5. The molecule has 2 heterocycles. The van der Waals surface area contributed by atoms with E-state index in [1.807, 2.05) is 24.3 Å². The van der Waals surface area contributed by atoms with Crippen LogP contribution < -0.4 is 18.9 Å². The van der Waals surface area contributed by atoms with Crippen LogP contribution in [0.25, 0.3) is 54.7 Å². The summed E-state index contributed by atoms with van der Waals surface area (Å²) < 4.78 is 24.3. The van der Waals surface area contributed by atoms with E-state index in [4.69, 9.17) is 18.9 Å². The van der Waals surface area contributed by atoms with Gasteiger partial charge in [-0.05, 0) is 26.0 Å². The number of benzene rings is 4. The molecule has 0 saturated heterocycles. The third-order valence-corrected chi connectivity index (χ3v) is 7.27. The van der Waals surface area contributed by atoms with E-state index >= 15 is 0 Å². The Morgan fingerprint density at radius 3 is 1.22 bits per heavy atom. The molecular weight excluding hydrogens is 452 g/mol. The second kappa shape index (κ2) is 8.12. The monoisotopic (exact) mass is 480 g/mol. The number of fused-ring (bicyclic) bond motifs is 6. The molecule has 0 atom stereocenters. The lowest BCUT2D eigenvalue weighted by atomic mass is 9.90. The summed E-state index contributed by atoms with van der Waals surface area (Å²) in [5, 5.41) is 4.18. The molecule has 6 heteroatoms. The zero-order chi connectivity index (χ0) is 25.1. The van der Waals surface area contributed by atoms with E-state index in [9.17, 15) is 0 Å². The molecule has 6 nitrogen and oxygen atoms in total. The predicted molar refractivity (Wildman–Crippen MR) is 146 cm³/mol. The molecule has 0 aliphatic carbocycles. The van der Waals surface area contributed by atoms with E-state index < -0.39 is 0 Å². The van der Waals surface area contributed by atoms with E-state index in [1.165, 1.54) is 0 Å². The van der Waals surface area contributed by atoms with Crippen molar-refractivity contribution in [2.45, 2.75) is 13.8 Å². The first-order valence-electron chi connectivity index (χ1n) is 11.9. The summed E-state index contributed by atoms with van der Waals surface area (Å²) in [7, 11) is 6.84. The Morgan fingerprint density at radius 2 is 0.861 bits per heavy atom. The summed E-state index contributed by atoms with van der Waals surface area (Å²) in [6.45, 7) is 4.14. The van der Waals surface area contributed by atoms with Gasteiger partial charge < -0.3 is 28.9 Å². The number of hydrogen-bond acceptors (Lipinski definition) is 4. The van der Waals surface area contributed by atoms with Gasteiger partial charge in [-0.25, -0.2) is 0 Å². The zero-order valence-electron chi connectivity index (χ0n) is 21.3. The molecule has 2 aromatic heterocycles. The minimum atomic E-state index is 0.735. The van der Waals surface area contributed by atoms with E-state index in [-0.39, 0.29) is 0 Å². The maximum atomic E-state index is 6.13. The number of ether oxygens (including phenoxy) is 4. The van der Waals surface area contributed by atoms with Crippen LogP contribution in [0.4, 0.5) is 0 Å². The van der Waals surface area contributed by atoms with E-state index in [0.717, 1.165) is 88.9 Å². The molecule has 0 bridgehead atoms. The van der Waals surface area contributed by atoms with Crippen LogP contribution in [0.3, 0.4) is 0 Å². The number of H-pyrrole nitrogens is 2. The predicted octanol–water partition coefficient (Wildman–Crippen LogP) is 7.27. The van der Waals surface area contributed by atoms with Gasteiger partial charge in [0, 0.05) is 44.1 Å². The van der Waals surface area contributed by atoms with Crippen LogP contribution in [0.15, 0.2) is 48.5 Å². The molecule has 0 fully saturated rings. The molecule has 182 valence electrons. The van der Waals surface area contributed by atoms with E-state index in [2.05, 4.69) is 48.1 Å². The number of aromatic amines is 2. The Balaban J connectivity index is 1.85. The minimum Gasteiger partial charge on any atom is -0.496 e. The topological polar surface area (TPSA) is 68.5 Å². The van der Waals surface area contributed by atoms with Gasteiger partial charge in [-0.2, -0.15) is 0 Å². The van der Waals surface area contributed by atoms with Crippen LogP contribution in [0.2, 0.25) is 0 Å². The number of rotatable bonds is 5. The smallest absolute Gasteiger partial charge is 0.151 e. The summed E-state index contributed by atoms with van der Waals surface area (Å²) in [6.07, 6.45) is 0. The normalized spacial score (nSPS) is 11.6. The SMILES string of the molecule is COc1c(-c2c(C)c(OC)c3c([nH]c4ccccc43)c2OC)c(C)c(OC)c2c1[nH]c1ccccc12. The van der Waals surface area contributed by atoms with Crippen molar-refractivity contribution in [1.29, 1.82) is 0 Å². The highest BCUT2D eigenvalue weighted by Gasteiger charge is 2.30. The molecule has 0 radical (unpaired) electrons. The van der Waals surface area contributed by atoms with Crippen LogP contribution >= 0.6 is 0 Å². The van der Waals surface area contributed by atoms with Gasteiger partial charge in [-0.1, -0.05) is 36.4 Å². The summed E-state index contributed by atoms with van der Waals surface area (Å²) in [5.41, 5.74) is 7.54. The largest absolute Gasteiger partial charge is 0.496 e. The molecule has 2 N–H and O–H groups in total. The number of aromatic nitrogens is 2. The van der Waals surface area contributed by atoms with Crippen molar-refractivity contribution in [3.63, 3.8) is 0 Å². The number of para-hydroxylation sites is 2. The van der Waals surface area contributed by atoms with Crippen molar-refractivity contribution in [3.05, 3.63) is 59.7 Å². The minimum absolute atomic E-state index is 0.735. The van der Waals surface area contributed by atoms with Gasteiger partial charge in [-0.15, -0.1) is 0 Å². The summed E-state index contributed by atoms with van der Waals surface area (Å²) in [4.78, 5) is 7.14. The summed E-state index contributed by atoms with van der Waals surface area (Å²) in [5.74, 6) is 3.07. The van der Waals surface area contributed by atoms with Gasteiger partial charge in [0.1, 0.15) is 11.5 Å². The summed E-state index contributed by atoms with van der Waals surface area (Å²) in [6, 6.07) is 16.4. The summed E-state index contributed by atoms with van der Waals surface area (Å²) >= 11 is 0. The second-order valence-electron chi connectivity index (χ2n) is 8.97. The lowest BCUT2D eigenvalue weighted by Gasteiger charge is -2.22. The average Bonchev–Trinajstić information content (AvgIpc) is 3.47. The van der Waals surface area contributed by atoms with Crippen LogP contribution in [0.1, 0.15) is 11.1 Å². The molecule has 4 aromatic carbocycles. The average molecular weight is 481 g/mol. The Kier molecular flexibility index (Phi) is 5.00. The van der Waals surface area contributed by atoms with Crippen molar-refractivity contribution in [2.24, 2.45) is 0 Å². The van der Waals surface area contributed by atoms with Crippen molar-refractivity contribution in [2.75, 3.05) is 28.4 Å². The van der Waals surface area contributed by atoms with Gasteiger partial charge in [0.2, 0.25) is 0 Å². The Bertz CT molecular complexity index is 1680. The Labute approximate surface area is 208 Å². The first kappa shape index (κ1) is 22.2. The molecule has 0 unspecified atom stereocenters. The molecule has 0 aliphatic rings. The van der Waals surface area contributed by atoms with E-state index in [0.29, 0.717) is 0 Å². The number of hydrogen-bond donors (Lipinski definition) is 2. The molecule has 6 rings (SSSR count). The first-order valence-corrected chi connectivity index (χ1v) is 11.9. The Morgan fingerprint density at radius 1 is 0.500 bits per heavy atom. The fourth-order valence-corrected chi connectivity index (χ4v) is 5.81. The quantitative estimate of drug-likeness (QED) is 0.272. The molecule has 0 aliphatic heterocycles. The molecule has 0 spiro atoms. The fourth-order valence-electron chi connectivity index (χ4n) is 5.81. The lowest BCUT2D eigenvalue weighted by Crippen LogP contribution is -2.02. The number of methoxy groups -OCH3 is 4. The van der Waals surface area contributed by atoms with Crippen LogP contribution in [0, 0.1) is 13.8 Å². The van der Waals surface area contributed by atoms with Crippen molar-refractivity contribution >= 4 is 43.6 Å². The van der Waals surface area contributed by atoms with E-state index in [1.54, 1.807) is 28.4 Å². The van der Waals surface area contributed by atoms with Gasteiger partial charge in [0.15, 0.2) is 11.5 Å². The number of nitrogens with one attached hydrogen (secondary N) is 2. The van der Waals surface area contributed by atoms with Gasteiger partial charge >= 0.3 is 0 Å². The highest BCUT2D eigenvalue weighted by molar-refractivity contribution is 6.18. The highest BCUT2D eigenvalue weighted by Crippen LogP contribution is 2.54. The van der Waals surface area contributed by atoms with Crippen molar-refractivity contribution < 1.29 is 18.9 Å². The standard InChI is InChI=1S/C30H28N2O4/c1-15-21(29(35-5)25-23(27(15)33-3)17-11-7-9-13-19(17)31-25)22-16(2)28(34-4)24-18-12-8-10-14-20(18)32-26(24)30(22)36-6/h7-14,31-32H,1-6H3. The maximum absolute atomic E-state index is 6.13. The molecule has 6 aromatic rings. The third kappa shape index (κ3) is 2.78. The Hall–Kier alpha value is -4.32. The highest BCUT2D eigenvalue weighted by atomic mass is 16.5. The third-order valence-electron chi connectivity index (χ3n) is 7.27. The molecule has 0 amide bonds. The maximum Gasteiger partial charge on any atom is 0.151 e. The van der Waals surface area contributed by atoms with Gasteiger partial charge in [-0.3, -0.25) is 0 Å². The van der Waals surface area contributed by atoms with Crippen LogP contribution in [-0.4, -0.2) is 38.4 Å². The van der Waals surface area contributed by atoms with Gasteiger partial charge in [0.25, 0.3) is 0 Å². The fraction of sp³-hybridized carbons (Fsp3) is 0.200. The second-order valence-corrected chi connectivity index (χ2v) is 8.97. The van der Waals surface area contributed by atoms with Crippen molar-refractivity contribution in [1.82, 2.24) is 9.97 Å². The lowest BCUT2D eigenvalue weighted by molar-refractivity contribution is 0.404. The molecule has 0 saturated carbocycles. The molecular formula is C30H28N2O4. The van der Waals surface area contributed by atoms with Crippen LogP contribution in [0.5, 0.6) is 23.0 Å². The zero-order valence-corrected chi connectivity index (χ0v) is 21.3. The molecule has 36 heavy (non-hydrogen) atoms. The van der Waals surface area contributed by atoms with Gasteiger partial charge in [0.05, 0.1) is 50.2 Å². The van der Waals surface area contributed by atoms with Crippen LogP contribution in [-0.2, 0) is 0 Å².